The van der Waals surface area contributed by atoms with Gasteiger partial charge in [-0.05, 0) is 74.2 Å². The van der Waals surface area contributed by atoms with Gasteiger partial charge in [-0.1, -0.05) is 18.2 Å². The van der Waals surface area contributed by atoms with E-state index in [9.17, 15) is 27.2 Å². The average molecular weight is 478 g/mol. The number of likely N-dealkylation sites (N-methyl/N-ethyl adjacent to an activating group) is 1. The Balaban J connectivity index is 1.47. The van der Waals surface area contributed by atoms with Gasteiger partial charge in [0.15, 0.2) is 0 Å². The summed E-state index contributed by atoms with van der Waals surface area (Å²) >= 11 is 0. The first-order valence-electron chi connectivity index (χ1n) is 11.3. The van der Waals surface area contributed by atoms with Crippen LogP contribution in [0.4, 0.5) is 23.2 Å². The van der Waals surface area contributed by atoms with Gasteiger partial charge in [0.05, 0.1) is 18.0 Å². The van der Waals surface area contributed by atoms with E-state index in [-0.39, 0.29) is 23.9 Å². The minimum atomic E-state index is -4.78. The van der Waals surface area contributed by atoms with Gasteiger partial charge in [0, 0.05) is 18.8 Å². The lowest BCUT2D eigenvalue weighted by Crippen LogP contribution is -2.46. The highest BCUT2D eigenvalue weighted by molar-refractivity contribution is 5.94. The SMILES string of the molecule is Cc1ccc2c(c1NC(=O)Cc1ccc(C(F)(F)F)c(F)c1)CCN(C(=O)C1CCCN1C)C2. The Morgan fingerprint density at radius 1 is 1.15 bits per heavy atom. The van der Waals surface area contributed by atoms with Crippen LogP contribution in [0.15, 0.2) is 30.3 Å². The van der Waals surface area contributed by atoms with E-state index in [0.29, 0.717) is 31.3 Å². The molecule has 0 aliphatic carbocycles. The van der Waals surface area contributed by atoms with Crippen LogP contribution in [-0.2, 0) is 35.2 Å². The number of nitrogens with one attached hydrogen (secondary N) is 1. The molecule has 2 aliphatic heterocycles. The summed E-state index contributed by atoms with van der Waals surface area (Å²) in [6, 6.07) is 6.27. The van der Waals surface area contributed by atoms with Gasteiger partial charge in [-0.25, -0.2) is 4.39 Å². The summed E-state index contributed by atoms with van der Waals surface area (Å²) in [7, 11) is 1.97. The number of aryl methyl sites for hydroxylation is 1. The highest BCUT2D eigenvalue weighted by Gasteiger charge is 2.35. The molecule has 1 N–H and O–H groups in total. The van der Waals surface area contributed by atoms with Gasteiger partial charge in [0.25, 0.3) is 0 Å². The maximum atomic E-state index is 13.9. The van der Waals surface area contributed by atoms with E-state index in [1.165, 1.54) is 0 Å². The first-order chi connectivity index (χ1) is 16.0. The molecular formula is C25H27F4N3O2. The van der Waals surface area contributed by atoms with Crippen molar-refractivity contribution in [2.75, 3.05) is 25.5 Å². The third kappa shape index (κ3) is 4.94. The van der Waals surface area contributed by atoms with Gasteiger partial charge in [-0.15, -0.1) is 0 Å². The molecule has 2 heterocycles. The second-order valence-electron chi connectivity index (χ2n) is 9.08. The quantitative estimate of drug-likeness (QED) is 0.668. The van der Waals surface area contributed by atoms with Crippen LogP contribution in [0.5, 0.6) is 0 Å². The molecule has 0 saturated carbocycles. The molecule has 0 bridgehead atoms. The summed E-state index contributed by atoms with van der Waals surface area (Å²) in [5, 5.41) is 2.86. The second-order valence-corrected chi connectivity index (χ2v) is 9.08. The van der Waals surface area contributed by atoms with Crippen LogP contribution in [0.1, 0.15) is 40.7 Å². The molecule has 5 nitrogen and oxygen atoms in total. The molecule has 9 heteroatoms. The van der Waals surface area contributed by atoms with Crippen molar-refractivity contribution < 1.29 is 27.2 Å². The first-order valence-corrected chi connectivity index (χ1v) is 11.3. The largest absolute Gasteiger partial charge is 0.419 e. The van der Waals surface area contributed by atoms with Crippen molar-refractivity contribution in [1.29, 1.82) is 0 Å². The molecule has 2 aromatic carbocycles. The van der Waals surface area contributed by atoms with E-state index in [4.69, 9.17) is 0 Å². The number of nitrogens with zero attached hydrogens (tertiary/aromatic N) is 2. The van der Waals surface area contributed by atoms with Crippen molar-refractivity contribution in [2.24, 2.45) is 0 Å². The lowest BCUT2D eigenvalue weighted by atomic mass is 9.94. The smallest absolute Gasteiger partial charge is 0.337 e. The second kappa shape index (κ2) is 9.37. The minimum Gasteiger partial charge on any atom is -0.337 e. The maximum absolute atomic E-state index is 13.9. The fraction of sp³-hybridized carbons (Fsp3) is 0.440. The summed E-state index contributed by atoms with van der Waals surface area (Å²) < 4.78 is 52.2. The van der Waals surface area contributed by atoms with E-state index in [1.54, 1.807) is 0 Å². The Hall–Kier alpha value is -2.94. The normalized spacial score (nSPS) is 18.6. The molecule has 34 heavy (non-hydrogen) atoms. The van der Waals surface area contributed by atoms with Gasteiger partial charge in [-0.2, -0.15) is 13.2 Å². The van der Waals surface area contributed by atoms with Crippen LogP contribution >= 0.6 is 0 Å². The zero-order chi connectivity index (χ0) is 24.6. The van der Waals surface area contributed by atoms with Crippen molar-refractivity contribution in [2.45, 2.75) is 51.4 Å². The Morgan fingerprint density at radius 2 is 1.91 bits per heavy atom. The Labute approximate surface area is 195 Å². The molecule has 2 aliphatic rings. The number of fused-ring (bicyclic) bond motifs is 1. The van der Waals surface area contributed by atoms with Crippen LogP contribution in [0, 0.1) is 12.7 Å². The van der Waals surface area contributed by atoms with Gasteiger partial charge in [0.1, 0.15) is 5.82 Å². The number of hydrogen-bond donors (Lipinski definition) is 1. The lowest BCUT2D eigenvalue weighted by molar-refractivity contribution is -0.140. The van der Waals surface area contributed by atoms with Gasteiger partial charge >= 0.3 is 6.18 Å². The molecule has 2 aromatic rings. The summed E-state index contributed by atoms with van der Waals surface area (Å²) in [6.07, 6.45) is -2.58. The van der Waals surface area contributed by atoms with Gasteiger partial charge in [-0.3, -0.25) is 14.5 Å². The molecule has 0 radical (unpaired) electrons. The number of likely N-dealkylation sites (tertiary alicyclic amines) is 1. The molecular weight excluding hydrogens is 450 g/mol. The number of carbonyl (C=O) groups excluding carboxylic acids is 2. The zero-order valence-corrected chi connectivity index (χ0v) is 19.1. The number of hydrogen-bond acceptors (Lipinski definition) is 3. The molecule has 1 atom stereocenters. The summed E-state index contributed by atoms with van der Waals surface area (Å²) in [4.78, 5) is 29.6. The van der Waals surface area contributed by atoms with E-state index in [2.05, 4.69) is 10.2 Å². The van der Waals surface area contributed by atoms with Gasteiger partial charge in [0.2, 0.25) is 11.8 Å². The van der Waals surface area contributed by atoms with Crippen molar-refractivity contribution in [3.8, 4) is 0 Å². The number of alkyl halides is 3. The molecule has 1 unspecified atom stereocenters. The lowest BCUT2D eigenvalue weighted by Gasteiger charge is -2.34. The maximum Gasteiger partial charge on any atom is 0.419 e. The molecule has 2 amide bonds. The van der Waals surface area contributed by atoms with E-state index in [1.807, 2.05) is 31.0 Å². The number of benzene rings is 2. The predicted molar refractivity (Wildman–Crippen MR) is 120 cm³/mol. The number of amides is 2. The van der Waals surface area contributed by atoms with E-state index < -0.39 is 23.5 Å². The average Bonchev–Trinajstić information content (AvgIpc) is 3.20. The number of rotatable bonds is 4. The Morgan fingerprint density at radius 3 is 2.56 bits per heavy atom. The fourth-order valence-corrected chi connectivity index (χ4v) is 4.84. The monoisotopic (exact) mass is 477 g/mol. The topological polar surface area (TPSA) is 52.7 Å². The van der Waals surface area contributed by atoms with Crippen LogP contribution in [0.2, 0.25) is 0 Å². The Kier molecular flexibility index (Phi) is 6.66. The van der Waals surface area contributed by atoms with Crippen LogP contribution in [0.3, 0.4) is 0 Å². The standard InChI is InChI=1S/C25H27F4N3O2/c1-15-5-7-17-14-32(24(34)21-4-3-10-31(21)2)11-9-18(17)23(15)30-22(33)13-16-6-8-19(20(26)12-16)25(27,28)29/h5-8,12,21H,3-4,9-11,13-14H2,1-2H3,(H,30,33). The van der Waals surface area contributed by atoms with Crippen LogP contribution < -0.4 is 5.32 Å². The predicted octanol–water partition coefficient (Wildman–Crippen LogP) is 4.31. The molecule has 0 aromatic heterocycles. The minimum absolute atomic E-state index is 0.0877. The molecule has 4 rings (SSSR count). The molecule has 1 fully saturated rings. The molecule has 1 saturated heterocycles. The van der Waals surface area contributed by atoms with Crippen molar-refractivity contribution in [3.63, 3.8) is 0 Å². The van der Waals surface area contributed by atoms with Crippen molar-refractivity contribution in [1.82, 2.24) is 9.80 Å². The summed E-state index contributed by atoms with van der Waals surface area (Å²) in [6.45, 7) is 3.79. The van der Waals surface area contributed by atoms with Crippen molar-refractivity contribution in [3.05, 3.63) is 64.0 Å². The highest BCUT2D eigenvalue weighted by Crippen LogP contribution is 2.33. The zero-order valence-electron chi connectivity index (χ0n) is 19.1. The van der Waals surface area contributed by atoms with E-state index >= 15 is 0 Å². The van der Waals surface area contributed by atoms with Gasteiger partial charge < -0.3 is 10.2 Å². The van der Waals surface area contributed by atoms with E-state index in [0.717, 1.165) is 48.2 Å². The molecule has 182 valence electrons. The number of anilines is 1. The summed E-state index contributed by atoms with van der Waals surface area (Å²) in [5.41, 5.74) is 2.22. The Bertz CT molecular complexity index is 1120. The fourth-order valence-electron chi connectivity index (χ4n) is 4.84. The number of carbonyl (C=O) groups is 2. The number of halogens is 4. The van der Waals surface area contributed by atoms with Crippen molar-refractivity contribution >= 4 is 17.5 Å². The highest BCUT2D eigenvalue weighted by atomic mass is 19.4. The van der Waals surface area contributed by atoms with Crippen LogP contribution in [-0.4, -0.2) is 47.8 Å². The third-order valence-electron chi connectivity index (χ3n) is 6.70. The first kappa shape index (κ1) is 24.2. The van der Waals surface area contributed by atoms with Crippen LogP contribution in [0.25, 0.3) is 0 Å². The third-order valence-corrected chi connectivity index (χ3v) is 6.70. The summed E-state index contributed by atoms with van der Waals surface area (Å²) in [5.74, 6) is -1.72. The molecule has 0 spiro atoms.